The highest BCUT2D eigenvalue weighted by molar-refractivity contribution is 5.82. The molecular formula is C28H28N2O5. The average molecular weight is 473 g/mol. The Kier molecular flexibility index (Phi) is 6.07. The first-order chi connectivity index (χ1) is 17.0. The molecule has 1 aliphatic heterocycles. The van der Waals surface area contributed by atoms with Gasteiger partial charge >= 0.3 is 5.97 Å². The van der Waals surface area contributed by atoms with Crippen LogP contribution in [0.2, 0.25) is 0 Å². The molecule has 0 spiro atoms. The number of nitrogens with zero attached hydrogens (tertiary/aromatic N) is 2. The third kappa shape index (κ3) is 4.41. The molecule has 1 aliphatic rings. The van der Waals surface area contributed by atoms with E-state index in [1.807, 2.05) is 67.3 Å². The summed E-state index contributed by atoms with van der Waals surface area (Å²) in [5.74, 6) is 1.27. The second-order valence-corrected chi connectivity index (χ2v) is 8.82. The lowest BCUT2D eigenvalue weighted by molar-refractivity contribution is -0.142. The Balaban J connectivity index is 1.47. The van der Waals surface area contributed by atoms with Crippen LogP contribution in [-0.2, 0) is 29.1 Å². The fourth-order valence-corrected chi connectivity index (χ4v) is 4.52. The van der Waals surface area contributed by atoms with Crippen molar-refractivity contribution in [3.05, 3.63) is 82.4 Å². The van der Waals surface area contributed by atoms with E-state index in [-0.39, 0.29) is 5.97 Å². The number of oxazole rings is 1. The third-order valence-electron chi connectivity index (χ3n) is 6.46. The molecule has 0 saturated carbocycles. The maximum atomic E-state index is 12.9. The lowest BCUT2D eigenvalue weighted by Gasteiger charge is -2.35. The van der Waals surface area contributed by atoms with E-state index in [1.54, 1.807) is 7.11 Å². The largest absolute Gasteiger partial charge is 0.497 e. The Morgan fingerprint density at radius 1 is 1.09 bits per heavy atom. The molecular weight excluding hydrogens is 444 g/mol. The van der Waals surface area contributed by atoms with Crippen LogP contribution < -0.4 is 14.4 Å². The van der Waals surface area contributed by atoms with Gasteiger partial charge in [-0.15, -0.1) is 0 Å². The standard InChI is InChI=1S/C28H28N2O5/c1-17-5-12-23-25(13-17)35-28(29-23)30-15-20-9-6-18(2)26(22(20)14-24(30)27(31)33-4)34-16-19-7-10-21(32-3)11-8-19/h5-13,24H,14-16H2,1-4H3/t24-/m0/s1. The van der Waals surface area contributed by atoms with E-state index in [0.29, 0.717) is 31.2 Å². The van der Waals surface area contributed by atoms with Gasteiger partial charge in [0.2, 0.25) is 0 Å². The molecule has 7 nitrogen and oxygen atoms in total. The number of anilines is 1. The first-order valence-corrected chi connectivity index (χ1v) is 11.6. The smallest absolute Gasteiger partial charge is 0.329 e. The Morgan fingerprint density at radius 3 is 2.63 bits per heavy atom. The minimum atomic E-state index is -0.577. The number of aryl methyl sites for hydroxylation is 2. The summed E-state index contributed by atoms with van der Waals surface area (Å²) in [5, 5.41) is 0. The lowest BCUT2D eigenvalue weighted by Crippen LogP contribution is -2.46. The molecule has 0 amide bonds. The molecule has 4 aromatic rings. The summed E-state index contributed by atoms with van der Waals surface area (Å²) < 4.78 is 22.8. The van der Waals surface area contributed by atoms with Gasteiger partial charge in [-0.3, -0.25) is 0 Å². The zero-order valence-corrected chi connectivity index (χ0v) is 20.3. The molecule has 0 aliphatic carbocycles. The summed E-state index contributed by atoms with van der Waals surface area (Å²) in [7, 11) is 3.05. The molecule has 0 saturated heterocycles. The molecule has 0 bridgehead atoms. The van der Waals surface area contributed by atoms with Crippen molar-refractivity contribution in [2.24, 2.45) is 0 Å². The zero-order chi connectivity index (χ0) is 24.5. The Hall–Kier alpha value is -4.00. The van der Waals surface area contributed by atoms with Gasteiger partial charge in [0.05, 0.1) is 14.2 Å². The van der Waals surface area contributed by atoms with E-state index >= 15 is 0 Å². The Morgan fingerprint density at radius 2 is 1.89 bits per heavy atom. The number of ether oxygens (including phenoxy) is 3. The van der Waals surface area contributed by atoms with Gasteiger partial charge in [-0.05, 0) is 60.4 Å². The van der Waals surface area contributed by atoms with Gasteiger partial charge in [0.15, 0.2) is 5.58 Å². The van der Waals surface area contributed by atoms with Crippen LogP contribution in [-0.4, -0.2) is 31.2 Å². The number of benzene rings is 3. The first kappa shape index (κ1) is 22.8. The second-order valence-electron chi connectivity index (χ2n) is 8.82. The highest BCUT2D eigenvalue weighted by Gasteiger charge is 2.37. The van der Waals surface area contributed by atoms with Crippen molar-refractivity contribution in [3.8, 4) is 11.5 Å². The van der Waals surface area contributed by atoms with Crippen molar-refractivity contribution >= 4 is 23.1 Å². The summed E-state index contributed by atoms with van der Waals surface area (Å²) in [6.45, 7) is 4.90. The number of hydrogen-bond acceptors (Lipinski definition) is 7. The topological polar surface area (TPSA) is 74.0 Å². The van der Waals surface area contributed by atoms with Crippen molar-refractivity contribution in [1.82, 2.24) is 4.98 Å². The Bertz CT molecular complexity index is 1380. The van der Waals surface area contributed by atoms with E-state index in [2.05, 4.69) is 11.1 Å². The van der Waals surface area contributed by atoms with E-state index in [4.69, 9.17) is 18.6 Å². The molecule has 2 heterocycles. The predicted octanol–water partition coefficient (Wildman–Crippen LogP) is 5.14. The van der Waals surface area contributed by atoms with Crippen LogP contribution in [0.3, 0.4) is 0 Å². The average Bonchev–Trinajstić information content (AvgIpc) is 3.30. The van der Waals surface area contributed by atoms with E-state index < -0.39 is 6.04 Å². The minimum Gasteiger partial charge on any atom is -0.497 e. The number of aromatic nitrogens is 1. The summed E-state index contributed by atoms with van der Waals surface area (Å²) in [5.41, 5.74) is 6.67. The van der Waals surface area contributed by atoms with Gasteiger partial charge in [-0.2, -0.15) is 4.98 Å². The number of esters is 1. The molecule has 7 heteroatoms. The lowest BCUT2D eigenvalue weighted by atomic mass is 9.91. The van der Waals surface area contributed by atoms with Crippen molar-refractivity contribution in [2.75, 3.05) is 19.1 Å². The zero-order valence-electron chi connectivity index (χ0n) is 20.3. The molecule has 0 radical (unpaired) electrons. The number of methoxy groups -OCH3 is 2. The van der Waals surface area contributed by atoms with Gasteiger partial charge in [0.25, 0.3) is 6.01 Å². The van der Waals surface area contributed by atoms with E-state index in [9.17, 15) is 4.79 Å². The highest BCUT2D eigenvalue weighted by Crippen LogP contribution is 2.37. The first-order valence-electron chi connectivity index (χ1n) is 11.6. The second kappa shape index (κ2) is 9.33. The van der Waals surface area contributed by atoms with Crippen molar-refractivity contribution in [2.45, 2.75) is 39.5 Å². The van der Waals surface area contributed by atoms with E-state index in [1.165, 1.54) is 7.11 Å². The quantitative estimate of drug-likeness (QED) is 0.360. The third-order valence-corrected chi connectivity index (χ3v) is 6.46. The maximum absolute atomic E-state index is 12.9. The fourth-order valence-electron chi connectivity index (χ4n) is 4.52. The molecule has 0 fully saturated rings. The number of rotatable bonds is 6. The molecule has 5 rings (SSSR count). The van der Waals surface area contributed by atoms with Gasteiger partial charge in [-0.1, -0.05) is 30.3 Å². The molecule has 0 N–H and O–H groups in total. The monoisotopic (exact) mass is 472 g/mol. The fraction of sp³-hybridized carbons (Fsp3) is 0.286. The highest BCUT2D eigenvalue weighted by atomic mass is 16.5. The Labute approximate surface area is 204 Å². The normalized spacial score (nSPS) is 15.1. The van der Waals surface area contributed by atoms with Gasteiger partial charge in [0.1, 0.15) is 29.7 Å². The summed E-state index contributed by atoms with van der Waals surface area (Å²) >= 11 is 0. The SMILES string of the molecule is COC(=O)[C@@H]1Cc2c(ccc(C)c2OCc2ccc(OC)cc2)CN1c1nc2ccc(C)cc2o1. The molecule has 1 atom stereocenters. The van der Waals surface area contributed by atoms with Crippen LogP contribution in [0, 0.1) is 13.8 Å². The summed E-state index contributed by atoms with van der Waals surface area (Å²) in [6, 6.07) is 17.6. The predicted molar refractivity (Wildman–Crippen MR) is 133 cm³/mol. The molecule has 1 aromatic heterocycles. The van der Waals surface area contributed by atoms with Crippen LogP contribution in [0.5, 0.6) is 11.5 Å². The molecule has 35 heavy (non-hydrogen) atoms. The van der Waals surface area contributed by atoms with Crippen LogP contribution in [0.25, 0.3) is 11.1 Å². The van der Waals surface area contributed by atoms with Crippen molar-refractivity contribution in [3.63, 3.8) is 0 Å². The maximum Gasteiger partial charge on any atom is 0.329 e. The number of carbonyl (C=O) groups is 1. The molecule has 0 unspecified atom stereocenters. The summed E-state index contributed by atoms with van der Waals surface area (Å²) in [4.78, 5) is 19.4. The van der Waals surface area contributed by atoms with Crippen molar-refractivity contribution < 1.29 is 23.4 Å². The molecule has 180 valence electrons. The van der Waals surface area contributed by atoms with Crippen LogP contribution in [0.15, 0.2) is 59.0 Å². The van der Waals surface area contributed by atoms with Gasteiger partial charge in [-0.25, -0.2) is 4.79 Å². The summed E-state index contributed by atoms with van der Waals surface area (Å²) in [6.07, 6.45) is 0.430. The molecule has 3 aromatic carbocycles. The van der Waals surface area contributed by atoms with Crippen LogP contribution in [0.1, 0.15) is 27.8 Å². The van der Waals surface area contributed by atoms with E-state index in [0.717, 1.165) is 44.8 Å². The van der Waals surface area contributed by atoms with Gasteiger partial charge < -0.3 is 23.5 Å². The number of hydrogen-bond donors (Lipinski definition) is 0. The van der Waals surface area contributed by atoms with Gasteiger partial charge in [0, 0.05) is 18.5 Å². The van der Waals surface area contributed by atoms with Crippen molar-refractivity contribution in [1.29, 1.82) is 0 Å². The minimum absolute atomic E-state index is 0.336. The number of carbonyl (C=O) groups excluding carboxylic acids is 1. The number of fused-ring (bicyclic) bond motifs is 2. The van der Waals surface area contributed by atoms with Crippen LogP contribution >= 0.6 is 0 Å². The van der Waals surface area contributed by atoms with Crippen LogP contribution in [0.4, 0.5) is 6.01 Å².